The normalized spacial score (nSPS) is 11.5. The van der Waals surface area contributed by atoms with Gasteiger partial charge in [-0.1, -0.05) is 0 Å². The summed E-state index contributed by atoms with van der Waals surface area (Å²) < 4.78 is 0.937. The lowest BCUT2D eigenvalue weighted by molar-refractivity contribution is 0.0886. The lowest BCUT2D eigenvalue weighted by Gasteiger charge is -2.27. The molecular weight excluding hydrogens is 244 g/mol. The largest absolute Gasteiger partial charge is 0.389 e. The molecule has 0 amide bonds. The highest BCUT2D eigenvalue weighted by Crippen LogP contribution is 2.24. The summed E-state index contributed by atoms with van der Waals surface area (Å²) in [4.78, 5) is 5.98. The molecule has 14 heavy (non-hydrogen) atoms. The van der Waals surface area contributed by atoms with Gasteiger partial charge in [-0.2, -0.15) is 0 Å². The zero-order valence-corrected chi connectivity index (χ0v) is 10.2. The summed E-state index contributed by atoms with van der Waals surface area (Å²) in [5, 5.41) is 9.67. The molecule has 0 atom stereocenters. The van der Waals surface area contributed by atoms with Crippen LogP contribution in [0.25, 0.3) is 0 Å². The van der Waals surface area contributed by atoms with Crippen LogP contribution >= 0.6 is 15.9 Å². The van der Waals surface area contributed by atoms with E-state index in [0.717, 1.165) is 10.2 Å². The Morgan fingerprint density at radius 1 is 1.57 bits per heavy atom. The Balaban J connectivity index is 2.80. The van der Waals surface area contributed by atoms with E-state index in [1.807, 2.05) is 18.0 Å². The Labute approximate surface area is 92.9 Å². The molecule has 3 nitrogen and oxygen atoms in total. The molecule has 0 fully saturated rings. The number of nitrogens with zero attached hydrogens (tertiary/aromatic N) is 2. The van der Waals surface area contributed by atoms with Crippen LogP contribution in [0.2, 0.25) is 0 Å². The van der Waals surface area contributed by atoms with Gasteiger partial charge in [0.05, 0.1) is 15.8 Å². The van der Waals surface area contributed by atoms with Gasteiger partial charge in [0.25, 0.3) is 0 Å². The summed E-state index contributed by atoms with van der Waals surface area (Å²) in [7, 11) is 1.94. The zero-order chi connectivity index (χ0) is 10.8. The van der Waals surface area contributed by atoms with Crippen molar-refractivity contribution in [3.05, 3.63) is 22.9 Å². The van der Waals surface area contributed by atoms with Gasteiger partial charge < -0.3 is 10.0 Å². The lowest BCUT2D eigenvalue weighted by atomic mass is 10.1. The molecule has 0 unspecified atom stereocenters. The van der Waals surface area contributed by atoms with Crippen molar-refractivity contribution in [1.82, 2.24) is 4.98 Å². The van der Waals surface area contributed by atoms with Gasteiger partial charge in [-0.3, -0.25) is 4.98 Å². The molecule has 1 aromatic heterocycles. The van der Waals surface area contributed by atoms with Gasteiger partial charge in [-0.15, -0.1) is 0 Å². The molecule has 0 radical (unpaired) electrons. The van der Waals surface area contributed by atoms with Crippen molar-refractivity contribution in [2.75, 3.05) is 18.5 Å². The first-order valence-corrected chi connectivity index (χ1v) is 5.22. The first-order valence-electron chi connectivity index (χ1n) is 4.43. The van der Waals surface area contributed by atoms with Crippen molar-refractivity contribution in [1.29, 1.82) is 0 Å². The number of hydrogen-bond acceptors (Lipinski definition) is 3. The monoisotopic (exact) mass is 258 g/mol. The summed E-state index contributed by atoms with van der Waals surface area (Å²) in [5.41, 5.74) is 0.333. The van der Waals surface area contributed by atoms with Crippen molar-refractivity contribution >= 4 is 21.6 Å². The minimum atomic E-state index is -0.697. The summed E-state index contributed by atoms with van der Waals surface area (Å²) in [6.45, 7) is 4.16. The summed E-state index contributed by atoms with van der Waals surface area (Å²) in [5.74, 6) is 0. The molecular formula is C10H15BrN2O. The second-order valence-corrected chi connectivity index (χ2v) is 4.85. The van der Waals surface area contributed by atoms with E-state index in [9.17, 15) is 5.11 Å². The van der Waals surface area contributed by atoms with Gasteiger partial charge in [-0.05, 0) is 35.8 Å². The molecule has 1 heterocycles. The summed E-state index contributed by atoms with van der Waals surface area (Å²) >= 11 is 3.42. The molecule has 4 heteroatoms. The summed E-state index contributed by atoms with van der Waals surface area (Å²) in [6, 6.07) is 1.91. The van der Waals surface area contributed by atoms with E-state index in [-0.39, 0.29) is 0 Å². The summed E-state index contributed by atoms with van der Waals surface area (Å²) in [6.07, 6.45) is 3.48. The zero-order valence-electron chi connectivity index (χ0n) is 8.66. The molecule has 1 N–H and O–H groups in total. The van der Waals surface area contributed by atoms with Crippen LogP contribution in [0.3, 0.4) is 0 Å². The molecule has 0 bridgehead atoms. The SMILES string of the molecule is CN(CC(C)(C)O)c1ccncc1Br. The van der Waals surface area contributed by atoms with Gasteiger partial charge in [0.1, 0.15) is 0 Å². The molecule has 1 aromatic rings. The molecule has 0 saturated carbocycles. The van der Waals surface area contributed by atoms with Crippen molar-refractivity contribution in [2.24, 2.45) is 0 Å². The van der Waals surface area contributed by atoms with Crippen LogP contribution in [0.4, 0.5) is 5.69 Å². The second kappa shape index (κ2) is 4.28. The fraction of sp³-hybridized carbons (Fsp3) is 0.500. The van der Waals surface area contributed by atoms with Gasteiger partial charge in [0.2, 0.25) is 0 Å². The van der Waals surface area contributed by atoms with Gasteiger partial charge in [-0.25, -0.2) is 0 Å². The maximum absolute atomic E-state index is 9.67. The average molecular weight is 259 g/mol. The fourth-order valence-corrected chi connectivity index (χ4v) is 1.90. The number of aliphatic hydroxyl groups is 1. The molecule has 0 aliphatic carbocycles. The van der Waals surface area contributed by atoms with E-state index in [1.165, 1.54) is 0 Å². The Morgan fingerprint density at radius 3 is 2.71 bits per heavy atom. The molecule has 0 saturated heterocycles. The molecule has 0 aromatic carbocycles. The molecule has 0 aliphatic heterocycles. The predicted octanol–water partition coefficient (Wildman–Crippen LogP) is 2.05. The maximum Gasteiger partial charge on any atom is 0.0765 e. The smallest absolute Gasteiger partial charge is 0.0765 e. The van der Waals surface area contributed by atoms with Crippen LogP contribution in [0.15, 0.2) is 22.9 Å². The second-order valence-electron chi connectivity index (χ2n) is 4.00. The first-order chi connectivity index (χ1) is 6.40. The van der Waals surface area contributed by atoms with Gasteiger partial charge >= 0.3 is 0 Å². The molecule has 0 spiro atoms. The Kier molecular flexibility index (Phi) is 3.50. The minimum absolute atomic E-state index is 0.579. The molecule has 0 aliphatic rings. The van der Waals surface area contributed by atoms with Crippen LogP contribution in [-0.2, 0) is 0 Å². The highest BCUT2D eigenvalue weighted by Gasteiger charge is 2.16. The Bertz CT molecular complexity index is 309. The Morgan fingerprint density at radius 2 is 2.21 bits per heavy atom. The van der Waals surface area contributed by atoms with Crippen LogP contribution in [-0.4, -0.2) is 29.3 Å². The minimum Gasteiger partial charge on any atom is -0.389 e. The third-order valence-corrected chi connectivity index (χ3v) is 2.40. The van der Waals surface area contributed by atoms with Crippen LogP contribution in [0, 0.1) is 0 Å². The predicted molar refractivity (Wildman–Crippen MR) is 61.5 cm³/mol. The van der Waals surface area contributed by atoms with E-state index in [2.05, 4.69) is 20.9 Å². The number of pyridine rings is 1. The van der Waals surface area contributed by atoms with E-state index in [0.29, 0.717) is 6.54 Å². The number of hydrogen-bond donors (Lipinski definition) is 1. The number of likely N-dealkylation sites (N-methyl/N-ethyl adjacent to an activating group) is 1. The standard InChI is InChI=1S/C10H15BrN2O/c1-10(2,14)7-13(3)9-4-5-12-6-8(9)11/h4-6,14H,7H2,1-3H3. The highest BCUT2D eigenvalue weighted by atomic mass is 79.9. The van der Waals surface area contributed by atoms with Crippen molar-refractivity contribution in [3.63, 3.8) is 0 Å². The topological polar surface area (TPSA) is 36.4 Å². The van der Waals surface area contributed by atoms with E-state index >= 15 is 0 Å². The van der Waals surface area contributed by atoms with Crippen molar-refractivity contribution in [3.8, 4) is 0 Å². The first kappa shape index (κ1) is 11.5. The number of rotatable bonds is 3. The van der Waals surface area contributed by atoms with E-state index in [1.54, 1.807) is 26.2 Å². The van der Waals surface area contributed by atoms with Crippen LogP contribution < -0.4 is 4.90 Å². The number of anilines is 1. The van der Waals surface area contributed by atoms with Crippen molar-refractivity contribution < 1.29 is 5.11 Å². The van der Waals surface area contributed by atoms with Gasteiger partial charge in [0.15, 0.2) is 0 Å². The quantitative estimate of drug-likeness (QED) is 0.902. The highest BCUT2D eigenvalue weighted by molar-refractivity contribution is 9.10. The van der Waals surface area contributed by atoms with Crippen LogP contribution in [0.5, 0.6) is 0 Å². The Hall–Kier alpha value is -0.610. The molecule has 78 valence electrons. The van der Waals surface area contributed by atoms with E-state index < -0.39 is 5.60 Å². The fourth-order valence-electron chi connectivity index (χ4n) is 1.34. The number of aromatic nitrogens is 1. The third kappa shape index (κ3) is 3.27. The van der Waals surface area contributed by atoms with Crippen LogP contribution in [0.1, 0.15) is 13.8 Å². The maximum atomic E-state index is 9.67. The average Bonchev–Trinajstić information content (AvgIpc) is 2.01. The third-order valence-electron chi connectivity index (χ3n) is 1.79. The van der Waals surface area contributed by atoms with E-state index in [4.69, 9.17) is 0 Å². The number of halogens is 1. The lowest BCUT2D eigenvalue weighted by Crippen LogP contribution is -2.36. The molecule has 1 rings (SSSR count). The van der Waals surface area contributed by atoms with Crippen molar-refractivity contribution in [2.45, 2.75) is 19.4 Å². The van der Waals surface area contributed by atoms with Gasteiger partial charge in [0, 0.05) is 26.0 Å².